The van der Waals surface area contributed by atoms with Crippen LogP contribution in [0.1, 0.15) is 0 Å². The van der Waals surface area contributed by atoms with Gasteiger partial charge in [0.2, 0.25) is 5.95 Å². The summed E-state index contributed by atoms with van der Waals surface area (Å²) < 4.78 is 12.8. The van der Waals surface area contributed by atoms with Crippen LogP contribution in [-0.4, -0.2) is 9.97 Å². The molecule has 0 saturated heterocycles. The molecule has 0 unspecified atom stereocenters. The van der Waals surface area contributed by atoms with E-state index in [9.17, 15) is 9.18 Å². The Bertz CT molecular complexity index is 781. The largest absolute Gasteiger partial charge is 0.326 e. The number of halogens is 1. The molecule has 0 aliphatic carbocycles. The fraction of sp³-hybridized carbons (Fsp3) is 0. The molecule has 19 heavy (non-hydrogen) atoms. The molecule has 0 aliphatic rings. The van der Waals surface area contributed by atoms with Gasteiger partial charge in [0.05, 0.1) is 10.9 Å². The van der Waals surface area contributed by atoms with E-state index in [1.54, 1.807) is 30.3 Å². The number of aromatic nitrogens is 2. The Morgan fingerprint density at radius 2 is 1.79 bits per heavy atom. The van der Waals surface area contributed by atoms with Gasteiger partial charge in [-0.05, 0) is 36.4 Å². The number of nitrogens with zero attached hydrogens (tertiary/aromatic N) is 1. The van der Waals surface area contributed by atoms with Crippen molar-refractivity contribution in [1.82, 2.24) is 9.97 Å². The molecule has 94 valence electrons. The molecule has 5 heteroatoms. The minimum atomic E-state index is -0.314. The number of fused-ring (bicyclic) bond motifs is 1. The van der Waals surface area contributed by atoms with Gasteiger partial charge in [-0.3, -0.25) is 9.78 Å². The molecule has 4 nitrogen and oxygen atoms in total. The molecular weight excluding hydrogens is 245 g/mol. The molecule has 0 aliphatic heterocycles. The van der Waals surface area contributed by atoms with Gasteiger partial charge in [0, 0.05) is 5.69 Å². The second-order valence-corrected chi connectivity index (χ2v) is 4.06. The van der Waals surface area contributed by atoms with Crippen molar-refractivity contribution in [3.05, 3.63) is 64.7 Å². The third-order valence-electron chi connectivity index (χ3n) is 2.72. The highest BCUT2D eigenvalue weighted by Crippen LogP contribution is 2.14. The average Bonchev–Trinajstić information content (AvgIpc) is 2.42. The van der Waals surface area contributed by atoms with E-state index in [-0.39, 0.29) is 11.4 Å². The predicted octanol–water partition coefficient (Wildman–Crippen LogP) is 2.81. The van der Waals surface area contributed by atoms with E-state index < -0.39 is 0 Å². The van der Waals surface area contributed by atoms with Crippen molar-refractivity contribution in [1.29, 1.82) is 0 Å². The molecule has 0 saturated carbocycles. The molecule has 0 atom stereocenters. The molecule has 0 bridgehead atoms. The maximum absolute atomic E-state index is 12.8. The molecule has 1 aromatic heterocycles. The Balaban J connectivity index is 2.01. The smallest absolute Gasteiger partial charge is 0.260 e. The van der Waals surface area contributed by atoms with Crippen LogP contribution in [0.3, 0.4) is 0 Å². The lowest BCUT2D eigenvalue weighted by Crippen LogP contribution is -2.11. The number of hydrogen-bond acceptors (Lipinski definition) is 3. The minimum absolute atomic E-state index is 0.213. The van der Waals surface area contributed by atoms with Crippen molar-refractivity contribution in [2.75, 3.05) is 5.32 Å². The summed E-state index contributed by atoms with van der Waals surface area (Å²) in [6.07, 6.45) is 0. The van der Waals surface area contributed by atoms with Crippen molar-refractivity contribution in [2.24, 2.45) is 0 Å². The molecular formula is C14H10FN3O. The minimum Gasteiger partial charge on any atom is -0.326 e. The topological polar surface area (TPSA) is 57.8 Å². The van der Waals surface area contributed by atoms with Gasteiger partial charge in [0.25, 0.3) is 5.56 Å². The van der Waals surface area contributed by atoms with Crippen molar-refractivity contribution in [3.63, 3.8) is 0 Å². The Hall–Kier alpha value is -2.69. The predicted molar refractivity (Wildman–Crippen MR) is 72.0 cm³/mol. The Morgan fingerprint density at radius 1 is 1.05 bits per heavy atom. The fourth-order valence-electron chi connectivity index (χ4n) is 1.82. The van der Waals surface area contributed by atoms with Crippen LogP contribution in [0.4, 0.5) is 16.0 Å². The SMILES string of the molecule is O=c1[nH]c(Nc2ccc(F)cc2)nc2ccccc12. The van der Waals surface area contributed by atoms with Gasteiger partial charge in [-0.25, -0.2) is 9.37 Å². The number of hydrogen-bond donors (Lipinski definition) is 2. The maximum Gasteiger partial charge on any atom is 0.260 e. The fourth-order valence-corrected chi connectivity index (χ4v) is 1.82. The number of H-pyrrole nitrogens is 1. The Labute approximate surface area is 107 Å². The van der Waals surface area contributed by atoms with Gasteiger partial charge in [-0.1, -0.05) is 12.1 Å². The van der Waals surface area contributed by atoms with Crippen LogP contribution in [0.25, 0.3) is 10.9 Å². The standard InChI is InChI=1S/C14H10FN3O/c15-9-5-7-10(8-6-9)16-14-17-12-4-2-1-3-11(12)13(19)18-14/h1-8H,(H2,16,17,18,19). The van der Waals surface area contributed by atoms with Gasteiger partial charge < -0.3 is 5.32 Å². The normalized spacial score (nSPS) is 10.6. The average molecular weight is 255 g/mol. The summed E-state index contributed by atoms with van der Waals surface area (Å²) >= 11 is 0. The van der Waals surface area contributed by atoms with Crippen LogP contribution < -0.4 is 10.9 Å². The zero-order valence-electron chi connectivity index (χ0n) is 9.85. The monoisotopic (exact) mass is 255 g/mol. The van der Waals surface area contributed by atoms with E-state index >= 15 is 0 Å². The zero-order chi connectivity index (χ0) is 13.2. The van der Waals surface area contributed by atoms with Crippen LogP contribution >= 0.6 is 0 Å². The molecule has 3 rings (SSSR count). The number of para-hydroxylation sites is 1. The summed E-state index contributed by atoms with van der Waals surface area (Å²) in [5, 5.41) is 3.47. The molecule has 0 fully saturated rings. The number of aromatic amines is 1. The molecule has 3 aromatic rings. The first-order valence-corrected chi connectivity index (χ1v) is 5.74. The van der Waals surface area contributed by atoms with E-state index in [1.165, 1.54) is 12.1 Å². The number of rotatable bonds is 2. The van der Waals surface area contributed by atoms with E-state index in [0.717, 1.165) is 0 Å². The van der Waals surface area contributed by atoms with Crippen LogP contribution in [-0.2, 0) is 0 Å². The van der Waals surface area contributed by atoms with Gasteiger partial charge in [-0.2, -0.15) is 0 Å². The molecule has 1 heterocycles. The lowest BCUT2D eigenvalue weighted by molar-refractivity contribution is 0.628. The molecule has 2 aromatic carbocycles. The van der Waals surface area contributed by atoms with E-state index in [1.807, 2.05) is 6.07 Å². The highest BCUT2D eigenvalue weighted by Gasteiger charge is 2.03. The van der Waals surface area contributed by atoms with Gasteiger partial charge in [-0.15, -0.1) is 0 Å². The van der Waals surface area contributed by atoms with Gasteiger partial charge in [0.15, 0.2) is 0 Å². The Kier molecular flexibility index (Phi) is 2.72. The summed E-state index contributed by atoms with van der Waals surface area (Å²) in [4.78, 5) is 18.8. The van der Waals surface area contributed by atoms with E-state index in [2.05, 4.69) is 15.3 Å². The van der Waals surface area contributed by atoms with Crippen molar-refractivity contribution >= 4 is 22.5 Å². The summed E-state index contributed by atoms with van der Waals surface area (Å²) in [6.45, 7) is 0. The summed E-state index contributed by atoms with van der Waals surface area (Å²) in [5.74, 6) is 0.0147. The number of benzene rings is 2. The van der Waals surface area contributed by atoms with Crippen molar-refractivity contribution < 1.29 is 4.39 Å². The van der Waals surface area contributed by atoms with E-state index in [0.29, 0.717) is 22.5 Å². The second kappa shape index (κ2) is 4.53. The maximum atomic E-state index is 12.8. The van der Waals surface area contributed by atoms with Crippen LogP contribution in [0.15, 0.2) is 53.3 Å². The third kappa shape index (κ3) is 2.30. The second-order valence-electron chi connectivity index (χ2n) is 4.06. The highest BCUT2D eigenvalue weighted by molar-refractivity contribution is 5.78. The molecule has 0 radical (unpaired) electrons. The van der Waals surface area contributed by atoms with Gasteiger partial charge >= 0.3 is 0 Å². The zero-order valence-corrected chi connectivity index (χ0v) is 9.85. The summed E-state index contributed by atoms with van der Waals surface area (Å²) in [7, 11) is 0. The first kappa shape index (κ1) is 11.4. The third-order valence-corrected chi connectivity index (χ3v) is 2.72. The highest BCUT2D eigenvalue weighted by atomic mass is 19.1. The molecule has 2 N–H and O–H groups in total. The Morgan fingerprint density at radius 3 is 2.58 bits per heavy atom. The van der Waals surface area contributed by atoms with E-state index in [4.69, 9.17) is 0 Å². The quantitative estimate of drug-likeness (QED) is 0.740. The van der Waals surface area contributed by atoms with Crippen LogP contribution in [0, 0.1) is 5.82 Å². The summed E-state index contributed by atoms with van der Waals surface area (Å²) in [6, 6.07) is 12.9. The number of anilines is 2. The molecule has 0 spiro atoms. The first-order chi connectivity index (χ1) is 9.22. The number of nitrogens with one attached hydrogen (secondary N) is 2. The van der Waals surface area contributed by atoms with Crippen LogP contribution in [0.2, 0.25) is 0 Å². The summed E-state index contributed by atoms with van der Waals surface area (Å²) in [5.41, 5.74) is 1.05. The van der Waals surface area contributed by atoms with Crippen molar-refractivity contribution in [3.8, 4) is 0 Å². The molecule has 0 amide bonds. The van der Waals surface area contributed by atoms with Crippen molar-refractivity contribution in [2.45, 2.75) is 0 Å². The van der Waals surface area contributed by atoms with Gasteiger partial charge in [0.1, 0.15) is 5.82 Å². The first-order valence-electron chi connectivity index (χ1n) is 5.74. The van der Waals surface area contributed by atoms with Crippen LogP contribution in [0.5, 0.6) is 0 Å². The lowest BCUT2D eigenvalue weighted by atomic mass is 10.2. The lowest BCUT2D eigenvalue weighted by Gasteiger charge is -2.06.